The number of hydrogen-bond acceptors (Lipinski definition) is 3. The van der Waals surface area contributed by atoms with Crippen molar-refractivity contribution in [2.45, 2.75) is 96.1 Å². The molecule has 3 rings (SSSR count). The number of nitrogens with one attached hydrogen (secondary N) is 1. The van der Waals surface area contributed by atoms with Crippen LogP contribution in [0, 0.1) is 11.8 Å². The van der Waals surface area contributed by atoms with E-state index in [1.54, 1.807) is 0 Å². The maximum Gasteiger partial charge on any atom is 0.325 e. The molecule has 1 heterocycles. The van der Waals surface area contributed by atoms with E-state index in [0.29, 0.717) is 18.3 Å². The first kappa shape index (κ1) is 18.4. The fraction of sp³-hybridized carbons (Fsp3) is 0.850. The summed E-state index contributed by atoms with van der Waals surface area (Å²) >= 11 is 0. The molecule has 0 radical (unpaired) electrons. The van der Waals surface area contributed by atoms with Crippen molar-refractivity contribution in [1.82, 2.24) is 10.2 Å². The van der Waals surface area contributed by atoms with Crippen LogP contribution in [-0.4, -0.2) is 34.7 Å². The lowest BCUT2D eigenvalue weighted by Gasteiger charge is -2.29. The lowest BCUT2D eigenvalue weighted by atomic mass is 9.83. The fourth-order valence-corrected chi connectivity index (χ4v) is 4.95. The molecule has 5 heteroatoms. The second kappa shape index (κ2) is 8.33. The van der Waals surface area contributed by atoms with Gasteiger partial charge in [-0.15, -0.1) is 0 Å². The van der Waals surface area contributed by atoms with E-state index in [2.05, 4.69) is 5.32 Å². The number of amides is 3. The molecular formula is C20H32N2O3. The van der Waals surface area contributed by atoms with Crippen molar-refractivity contribution < 1.29 is 14.4 Å². The van der Waals surface area contributed by atoms with Crippen LogP contribution in [0.4, 0.5) is 4.79 Å². The molecule has 2 saturated carbocycles. The zero-order chi connectivity index (χ0) is 17.8. The Labute approximate surface area is 150 Å². The average molecular weight is 348 g/mol. The summed E-state index contributed by atoms with van der Waals surface area (Å²) < 4.78 is 0. The molecule has 2 aliphatic carbocycles. The van der Waals surface area contributed by atoms with E-state index >= 15 is 0 Å². The van der Waals surface area contributed by atoms with E-state index in [4.69, 9.17) is 0 Å². The Hall–Kier alpha value is -1.39. The summed E-state index contributed by atoms with van der Waals surface area (Å²) in [6, 6.07) is -1.36. The standard InChI is InChI=1S/C20H32N2O3/c1-14(23)18(13-16-10-6-3-7-11-16)22-19(24)17(21-20(22)25)12-15-8-4-2-5-9-15/h15-18H,2-13H2,1H3,(H,21,25)/t17-,18-/m0/s1. The molecule has 0 aromatic heterocycles. The topological polar surface area (TPSA) is 66.5 Å². The summed E-state index contributed by atoms with van der Waals surface area (Å²) in [6.45, 7) is 1.52. The number of imide groups is 1. The van der Waals surface area contributed by atoms with Crippen LogP contribution >= 0.6 is 0 Å². The number of hydrogen-bond donors (Lipinski definition) is 1. The number of Topliss-reactive ketones (excluding diaryl/α,β-unsaturated/α-hetero) is 1. The van der Waals surface area contributed by atoms with Crippen molar-refractivity contribution >= 4 is 17.7 Å². The Morgan fingerprint density at radius 1 is 1.00 bits per heavy atom. The van der Waals surface area contributed by atoms with Gasteiger partial charge in [-0.25, -0.2) is 4.79 Å². The van der Waals surface area contributed by atoms with Crippen LogP contribution < -0.4 is 5.32 Å². The molecule has 1 saturated heterocycles. The van der Waals surface area contributed by atoms with Crippen molar-refractivity contribution in [2.75, 3.05) is 0 Å². The van der Waals surface area contributed by atoms with E-state index in [1.165, 1.54) is 50.3 Å². The Bertz CT molecular complexity index is 507. The number of rotatable bonds is 6. The van der Waals surface area contributed by atoms with Gasteiger partial charge in [0.2, 0.25) is 0 Å². The zero-order valence-electron chi connectivity index (χ0n) is 15.5. The summed E-state index contributed by atoms with van der Waals surface area (Å²) in [6.07, 6.45) is 13.3. The summed E-state index contributed by atoms with van der Waals surface area (Å²) in [5.41, 5.74) is 0. The van der Waals surface area contributed by atoms with Gasteiger partial charge < -0.3 is 5.32 Å². The molecule has 2 atom stereocenters. The molecule has 0 spiro atoms. The molecule has 3 amide bonds. The summed E-state index contributed by atoms with van der Waals surface area (Å²) in [5, 5.41) is 2.86. The van der Waals surface area contributed by atoms with Crippen molar-refractivity contribution in [3.05, 3.63) is 0 Å². The molecule has 1 aliphatic heterocycles. The summed E-state index contributed by atoms with van der Waals surface area (Å²) in [7, 11) is 0. The largest absolute Gasteiger partial charge is 0.326 e. The molecule has 140 valence electrons. The van der Waals surface area contributed by atoms with Crippen LogP contribution in [0.5, 0.6) is 0 Å². The average Bonchev–Trinajstić information content (AvgIpc) is 2.88. The zero-order valence-corrected chi connectivity index (χ0v) is 15.5. The van der Waals surface area contributed by atoms with Gasteiger partial charge in [-0.05, 0) is 31.6 Å². The maximum atomic E-state index is 12.9. The SMILES string of the molecule is CC(=O)[C@H](CC1CCCCC1)N1C(=O)N[C@@H](CC2CCCCC2)C1=O. The Morgan fingerprint density at radius 2 is 1.56 bits per heavy atom. The van der Waals surface area contributed by atoms with Gasteiger partial charge in [0.25, 0.3) is 5.91 Å². The van der Waals surface area contributed by atoms with Crippen LogP contribution in [0.25, 0.3) is 0 Å². The van der Waals surface area contributed by atoms with E-state index in [9.17, 15) is 14.4 Å². The molecule has 0 aromatic carbocycles. The number of nitrogens with zero attached hydrogens (tertiary/aromatic N) is 1. The minimum Gasteiger partial charge on any atom is -0.326 e. The van der Waals surface area contributed by atoms with Gasteiger partial charge in [-0.3, -0.25) is 14.5 Å². The molecule has 3 fully saturated rings. The van der Waals surface area contributed by atoms with E-state index in [0.717, 1.165) is 32.1 Å². The van der Waals surface area contributed by atoms with Gasteiger partial charge in [-0.2, -0.15) is 0 Å². The predicted octanol–water partition coefficient (Wildman–Crippen LogP) is 3.81. The highest BCUT2D eigenvalue weighted by Crippen LogP contribution is 2.32. The first-order chi connectivity index (χ1) is 12.1. The highest BCUT2D eigenvalue weighted by atomic mass is 16.2. The van der Waals surface area contributed by atoms with Gasteiger partial charge in [0.1, 0.15) is 6.04 Å². The normalized spacial score (nSPS) is 27.4. The highest BCUT2D eigenvalue weighted by Gasteiger charge is 2.44. The molecule has 3 aliphatic rings. The van der Waals surface area contributed by atoms with Crippen molar-refractivity contribution in [3.8, 4) is 0 Å². The molecular weight excluding hydrogens is 316 g/mol. The van der Waals surface area contributed by atoms with E-state index < -0.39 is 12.1 Å². The number of urea groups is 1. The molecule has 1 N–H and O–H groups in total. The van der Waals surface area contributed by atoms with Gasteiger partial charge in [-0.1, -0.05) is 64.2 Å². The molecule has 5 nitrogen and oxygen atoms in total. The third kappa shape index (κ3) is 4.42. The van der Waals surface area contributed by atoms with Gasteiger partial charge in [0.05, 0.1) is 6.04 Å². The lowest BCUT2D eigenvalue weighted by molar-refractivity contribution is -0.135. The second-order valence-electron chi connectivity index (χ2n) is 8.32. The maximum absolute atomic E-state index is 12.9. The van der Waals surface area contributed by atoms with Crippen molar-refractivity contribution in [2.24, 2.45) is 11.8 Å². The first-order valence-corrected chi connectivity index (χ1v) is 10.2. The smallest absolute Gasteiger partial charge is 0.325 e. The summed E-state index contributed by atoms with van der Waals surface area (Å²) in [5.74, 6) is 0.747. The number of ketones is 1. The quantitative estimate of drug-likeness (QED) is 0.742. The van der Waals surface area contributed by atoms with Crippen molar-refractivity contribution in [1.29, 1.82) is 0 Å². The molecule has 0 bridgehead atoms. The van der Waals surface area contributed by atoms with Crippen LogP contribution in [-0.2, 0) is 9.59 Å². The van der Waals surface area contributed by atoms with Gasteiger partial charge in [0, 0.05) is 0 Å². The minimum absolute atomic E-state index is 0.0626. The van der Waals surface area contributed by atoms with E-state index in [1.807, 2.05) is 0 Å². The van der Waals surface area contributed by atoms with Crippen LogP contribution in [0.1, 0.15) is 84.0 Å². The van der Waals surface area contributed by atoms with E-state index in [-0.39, 0.29) is 17.7 Å². The third-order valence-corrected chi connectivity index (χ3v) is 6.41. The Balaban J connectivity index is 1.64. The summed E-state index contributed by atoms with van der Waals surface area (Å²) in [4.78, 5) is 38.8. The lowest BCUT2D eigenvalue weighted by Crippen LogP contribution is -2.46. The number of carbonyl (C=O) groups excluding carboxylic acids is 3. The highest BCUT2D eigenvalue weighted by molar-refractivity contribution is 6.07. The fourth-order valence-electron chi connectivity index (χ4n) is 4.95. The third-order valence-electron chi connectivity index (χ3n) is 6.41. The number of carbonyl (C=O) groups is 3. The van der Waals surface area contributed by atoms with Gasteiger partial charge >= 0.3 is 6.03 Å². The van der Waals surface area contributed by atoms with Gasteiger partial charge in [0.15, 0.2) is 5.78 Å². The first-order valence-electron chi connectivity index (χ1n) is 10.2. The second-order valence-corrected chi connectivity index (χ2v) is 8.32. The van der Waals surface area contributed by atoms with Crippen LogP contribution in [0.3, 0.4) is 0 Å². The molecule has 0 aromatic rings. The van der Waals surface area contributed by atoms with Crippen LogP contribution in [0.2, 0.25) is 0 Å². The predicted molar refractivity (Wildman–Crippen MR) is 96.0 cm³/mol. The Kier molecular flexibility index (Phi) is 6.13. The molecule has 0 unspecified atom stereocenters. The minimum atomic E-state index is -0.577. The monoisotopic (exact) mass is 348 g/mol. The Morgan fingerprint density at radius 3 is 2.12 bits per heavy atom. The molecule has 25 heavy (non-hydrogen) atoms. The van der Waals surface area contributed by atoms with Crippen LogP contribution in [0.15, 0.2) is 0 Å². The van der Waals surface area contributed by atoms with Crippen molar-refractivity contribution in [3.63, 3.8) is 0 Å².